The molecule has 1 amide bonds. The van der Waals surface area contributed by atoms with Crippen molar-refractivity contribution in [1.82, 2.24) is 15.2 Å². The van der Waals surface area contributed by atoms with Gasteiger partial charge in [-0.2, -0.15) is 0 Å². The van der Waals surface area contributed by atoms with Crippen molar-refractivity contribution in [2.45, 2.75) is 43.3 Å². The summed E-state index contributed by atoms with van der Waals surface area (Å²) in [5.74, 6) is 0.511. The van der Waals surface area contributed by atoms with E-state index in [0.29, 0.717) is 17.0 Å². The van der Waals surface area contributed by atoms with Crippen LogP contribution >= 0.6 is 23.1 Å². The van der Waals surface area contributed by atoms with Crippen LogP contribution in [-0.4, -0.2) is 38.1 Å². The number of hydrogen-bond donors (Lipinski definition) is 2. The summed E-state index contributed by atoms with van der Waals surface area (Å²) >= 11 is 3.20. The second-order valence-corrected chi connectivity index (χ2v) is 11.5. The lowest BCUT2D eigenvalue weighted by molar-refractivity contribution is -0.268. The van der Waals surface area contributed by atoms with E-state index < -0.39 is 6.29 Å². The Morgan fingerprint density at radius 2 is 1.92 bits per heavy atom. The number of aromatic nitrogens is 3. The number of anilines is 1. The van der Waals surface area contributed by atoms with E-state index in [4.69, 9.17) is 9.47 Å². The number of benzene rings is 2. The number of carbonyl (C=O) groups is 1. The highest BCUT2D eigenvalue weighted by molar-refractivity contribution is 8.01. The molecule has 0 bridgehead atoms. The Morgan fingerprint density at radius 1 is 1.08 bits per heavy atom. The molecule has 3 heterocycles. The standard InChI is InChI=1S/C28H28N4O4S2/c1-17-24(16-37-28-32-31-18(2)38-28)35-27(36-25(17)20-10-8-19(15-33)9-11-20)21-5-3-7-23(13-21)30-26(34)22-6-4-12-29-14-22/h3-14,17,24-25,27,33H,15-16H2,1-2H3,(H,30,34). The number of nitrogens with one attached hydrogen (secondary N) is 1. The van der Waals surface area contributed by atoms with E-state index in [1.165, 1.54) is 6.20 Å². The first-order chi connectivity index (χ1) is 18.5. The van der Waals surface area contributed by atoms with Gasteiger partial charge in [0, 0.05) is 35.3 Å². The third-order valence-corrected chi connectivity index (χ3v) is 8.40. The van der Waals surface area contributed by atoms with E-state index in [-0.39, 0.29) is 30.6 Å². The van der Waals surface area contributed by atoms with E-state index in [1.54, 1.807) is 41.4 Å². The first-order valence-electron chi connectivity index (χ1n) is 12.2. The van der Waals surface area contributed by atoms with Crippen molar-refractivity contribution >= 4 is 34.7 Å². The Kier molecular flexibility index (Phi) is 8.45. The van der Waals surface area contributed by atoms with Gasteiger partial charge in [0.2, 0.25) is 0 Å². The molecule has 10 heteroatoms. The van der Waals surface area contributed by atoms with E-state index in [1.807, 2.05) is 55.5 Å². The second-order valence-electron chi connectivity index (χ2n) is 9.04. The summed E-state index contributed by atoms with van der Waals surface area (Å²) in [6.07, 6.45) is 2.18. The molecule has 0 radical (unpaired) electrons. The zero-order valence-corrected chi connectivity index (χ0v) is 22.6. The van der Waals surface area contributed by atoms with Gasteiger partial charge in [0.05, 0.1) is 24.4 Å². The summed E-state index contributed by atoms with van der Waals surface area (Å²) in [6, 6.07) is 18.8. The summed E-state index contributed by atoms with van der Waals surface area (Å²) < 4.78 is 13.9. The number of aryl methyl sites for hydroxylation is 1. The molecule has 38 heavy (non-hydrogen) atoms. The van der Waals surface area contributed by atoms with Crippen molar-refractivity contribution in [2.75, 3.05) is 11.1 Å². The molecule has 5 rings (SSSR count). The fourth-order valence-corrected chi connectivity index (χ4v) is 6.27. The third-order valence-electron chi connectivity index (χ3n) is 6.34. The molecule has 8 nitrogen and oxygen atoms in total. The van der Waals surface area contributed by atoms with Crippen molar-refractivity contribution in [3.8, 4) is 0 Å². The van der Waals surface area contributed by atoms with Crippen molar-refractivity contribution < 1.29 is 19.4 Å². The summed E-state index contributed by atoms with van der Waals surface area (Å²) in [5.41, 5.74) is 3.79. The van der Waals surface area contributed by atoms with Crippen molar-refractivity contribution in [3.63, 3.8) is 0 Å². The average molecular weight is 549 g/mol. The first kappa shape index (κ1) is 26.5. The zero-order chi connectivity index (χ0) is 26.5. The molecule has 0 spiro atoms. The van der Waals surface area contributed by atoms with Crippen LogP contribution < -0.4 is 5.32 Å². The molecule has 1 saturated heterocycles. The van der Waals surface area contributed by atoms with Crippen LogP contribution in [0.2, 0.25) is 0 Å². The smallest absolute Gasteiger partial charge is 0.257 e. The van der Waals surface area contributed by atoms with E-state index in [9.17, 15) is 9.90 Å². The van der Waals surface area contributed by atoms with Crippen LogP contribution in [0, 0.1) is 12.8 Å². The Labute approximate surface area is 229 Å². The van der Waals surface area contributed by atoms with Gasteiger partial charge in [-0.1, -0.05) is 66.4 Å². The van der Waals surface area contributed by atoms with Gasteiger partial charge in [-0.25, -0.2) is 0 Å². The summed E-state index contributed by atoms with van der Waals surface area (Å²) in [7, 11) is 0. The first-order valence-corrected chi connectivity index (χ1v) is 14.0. The van der Waals surface area contributed by atoms with Gasteiger partial charge < -0.3 is 19.9 Å². The SMILES string of the molecule is Cc1nnc(SCC2OC(c3cccc(NC(=O)c4cccnc4)c3)OC(c3ccc(CO)cc3)C2C)s1. The average Bonchev–Trinajstić information content (AvgIpc) is 3.38. The lowest BCUT2D eigenvalue weighted by atomic mass is 9.91. The molecule has 4 unspecified atom stereocenters. The van der Waals surface area contributed by atoms with Gasteiger partial charge in [0.1, 0.15) is 5.01 Å². The minimum absolute atomic E-state index is 0.00875. The van der Waals surface area contributed by atoms with Crippen LogP contribution in [0.4, 0.5) is 5.69 Å². The number of ether oxygens (including phenoxy) is 2. The molecule has 4 atom stereocenters. The molecule has 1 aliphatic heterocycles. The molecular formula is C28H28N4O4S2. The van der Waals surface area contributed by atoms with Gasteiger partial charge >= 0.3 is 0 Å². The number of amides is 1. The molecule has 0 saturated carbocycles. The number of aliphatic hydroxyl groups excluding tert-OH is 1. The van der Waals surface area contributed by atoms with Gasteiger partial charge in [-0.3, -0.25) is 9.78 Å². The highest BCUT2D eigenvalue weighted by atomic mass is 32.2. The Morgan fingerprint density at radius 3 is 2.63 bits per heavy atom. The number of pyridine rings is 1. The van der Waals surface area contributed by atoms with E-state index in [0.717, 1.165) is 26.0 Å². The van der Waals surface area contributed by atoms with E-state index in [2.05, 4.69) is 27.4 Å². The molecule has 0 aliphatic carbocycles. The predicted molar refractivity (Wildman–Crippen MR) is 147 cm³/mol. The Balaban J connectivity index is 1.38. The predicted octanol–water partition coefficient (Wildman–Crippen LogP) is 5.57. The Hall–Kier alpha value is -3.15. The highest BCUT2D eigenvalue weighted by Crippen LogP contribution is 2.43. The number of hydrogen-bond acceptors (Lipinski definition) is 9. The maximum atomic E-state index is 12.7. The zero-order valence-electron chi connectivity index (χ0n) is 21.0. The van der Waals surface area contributed by atoms with E-state index >= 15 is 0 Å². The number of rotatable bonds is 8. The normalized spacial score (nSPS) is 21.2. The third kappa shape index (κ3) is 6.28. The molecule has 1 fully saturated rings. The fourth-order valence-electron chi connectivity index (χ4n) is 4.26. The molecule has 2 N–H and O–H groups in total. The summed E-state index contributed by atoms with van der Waals surface area (Å²) in [6.45, 7) is 4.06. The van der Waals surface area contributed by atoms with Crippen LogP contribution in [0.5, 0.6) is 0 Å². The van der Waals surface area contributed by atoms with Gasteiger partial charge in [-0.05, 0) is 42.3 Å². The van der Waals surface area contributed by atoms with Crippen LogP contribution in [0.25, 0.3) is 0 Å². The van der Waals surface area contributed by atoms with Crippen molar-refractivity contribution in [1.29, 1.82) is 0 Å². The van der Waals surface area contributed by atoms with Crippen LogP contribution in [0.15, 0.2) is 77.4 Å². The maximum absolute atomic E-state index is 12.7. The molecule has 2 aromatic carbocycles. The minimum atomic E-state index is -0.634. The molecule has 196 valence electrons. The quantitative estimate of drug-likeness (QED) is 0.275. The van der Waals surface area contributed by atoms with Gasteiger partial charge in [0.25, 0.3) is 5.91 Å². The molecule has 2 aromatic heterocycles. The number of nitrogens with zero attached hydrogens (tertiary/aromatic N) is 3. The lowest BCUT2D eigenvalue weighted by Gasteiger charge is -2.41. The maximum Gasteiger partial charge on any atom is 0.257 e. The van der Waals surface area contributed by atoms with Gasteiger partial charge in [-0.15, -0.1) is 10.2 Å². The van der Waals surface area contributed by atoms with Crippen LogP contribution in [0.1, 0.15) is 51.4 Å². The van der Waals surface area contributed by atoms with Crippen LogP contribution in [-0.2, 0) is 16.1 Å². The number of carbonyl (C=O) groups excluding carboxylic acids is 1. The summed E-state index contributed by atoms with van der Waals surface area (Å²) in [5, 5.41) is 21.7. The fraction of sp³-hybridized carbons (Fsp3) is 0.286. The van der Waals surface area contributed by atoms with Gasteiger partial charge in [0.15, 0.2) is 10.6 Å². The second kappa shape index (κ2) is 12.1. The monoisotopic (exact) mass is 548 g/mol. The number of thioether (sulfide) groups is 1. The minimum Gasteiger partial charge on any atom is -0.392 e. The topological polar surface area (TPSA) is 106 Å². The summed E-state index contributed by atoms with van der Waals surface area (Å²) in [4.78, 5) is 16.7. The lowest BCUT2D eigenvalue weighted by Crippen LogP contribution is -2.38. The highest BCUT2D eigenvalue weighted by Gasteiger charge is 2.38. The molecule has 4 aromatic rings. The van der Waals surface area contributed by atoms with Crippen molar-refractivity contribution in [2.24, 2.45) is 5.92 Å². The van der Waals surface area contributed by atoms with Crippen molar-refractivity contribution in [3.05, 3.63) is 100 Å². The largest absolute Gasteiger partial charge is 0.392 e. The molecule has 1 aliphatic rings. The molecular weight excluding hydrogens is 520 g/mol. The van der Waals surface area contributed by atoms with Crippen LogP contribution in [0.3, 0.4) is 0 Å². The number of aliphatic hydroxyl groups is 1. The Bertz CT molecular complexity index is 1370.